The molecule has 0 saturated carbocycles. The van der Waals surface area contributed by atoms with Crippen molar-refractivity contribution in [1.82, 2.24) is 10.2 Å². The van der Waals surface area contributed by atoms with Crippen LogP contribution >= 0.6 is 11.3 Å². The van der Waals surface area contributed by atoms with Gasteiger partial charge in [0, 0.05) is 18.0 Å². The summed E-state index contributed by atoms with van der Waals surface area (Å²) in [7, 11) is -3.58. The van der Waals surface area contributed by atoms with Gasteiger partial charge in [0.15, 0.2) is 11.6 Å². The summed E-state index contributed by atoms with van der Waals surface area (Å²) in [6.45, 7) is 3.84. The molecule has 124 valence electrons. The van der Waals surface area contributed by atoms with Gasteiger partial charge < -0.3 is 4.90 Å². The molecular weight excluding hydrogens is 332 g/mol. The number of nitrogens with one attached hydrogen (secondary N) is 1. The molecule has 2 aromatic rings. The van der Waals surface area contributed by atoms with Crippen molar-refractivity contribution in [2.75, 3.05) is 22.7 Å². The lowest BCUT2D eigenvalue weighted by Crippen LogP contribution is -2.25. The van der Waals surface area contributed by atoms with Crippen LogP contribution in [0.4, 0.5) is 11.6 Å². The first-order valence-electron chi connectivity index (χ1n) is 7.72. The normalized spacial score (nSPS) is 16.1. The summed E-state index contributed by atoms with van der Waals surface area (Å²) in [6.07, 6.45) is 4.83. The standard InChI is InChI=1S/C15H20N4O2S2/c1-12-6-9-15(22-12)23(20,21)18-13-7-8-14(17-16-13)19-10-4-2-3-5-11-19/h6-9H,2-5,10-11H2,1H3,(H,16,18). The molecule has 0 atom stereocenters. The van der Waals surface area contributed by atoms with Crippen molar-refractivity contribution < 1.29 is 8.42 Å². The van der Waals surface area contributed by atoms with Gasteiger partial charge in [0.2, 0.25) is 0 Å². The highest BCUT2D eigenvalue weighted by Gasteiger charge is 2.18. The first-order chi connectivity index (χ1) is 11.0. The first kappa shape index (κ1) is 16.2. The van der Waals surface area contributed by atoms with Crippen molar-refractivity contribution in [1.29, 1.82) is 0 Å². The Morgan fingerprint density at radius 1 is 1.04 bits per heavy atom. The van der Waals surface area contributed by atoms with Gasteiger partial charge in [-0.3, -0.25) is 4.72 Å². The van der Waals surface area contributed by atoms with Crippen LogP contribution in [0.1, 0.15) is 30.6 Å². The Bertz CT molecular complexity index is 748. The molecule has 2 aromatic heterocycles. The molecule has 3 heterocycles. The lowest BCUT2D eigenvalue weighted by atomic mass is 10.2. The summed E-state index contributed by atoms with van der Waals surface area (Å²) in [5.74, 6) is 1.05. The Morgan fingerprint density at radius 2 is 1.78 bits per heavy atom. The molecule has 0 bridgehead atoms. The van der Waals surface area contributed by atoms with Crippen molar-refractivity contribution >= 4 is 33.0 Å². The second-order valence-corrected chi connectivity index (χ2v) is 8.85. The van der Waals surface area contributed by atoms with Crippen LogP contribution < -0.4 is 9.62 Å². The number of nitrogens with zero attached hydrogens (tertiary/aromatic N) is 3. The van der Waals surface area contributed by atoms with Crippen LogP contribution in [0.5, 0.6) is 0 Å². The van der Waals surface area contributed by atoms with Crippen LogP contribution in [0.15, 0.2) is 28.5 Å². The third-order valence-electron chi connectivity index (χ3n) is 3.80. The van der Waals surface area contributed by atoms with Crippen molar-refractivity contribution in [3.05, 3.63) is 29.1 Å². The van der Waals surface area contributed by atoms with Gasteiger partial charge >= 0.3 is 0 Å². The molecule has 1 fully saturated rings. The van der Waals surface area contributed by atoms with Crippen LogP contribution in [-0.2, 0) is 10.0 Å². The summed E-state index contributed by atoms with van der Waals surface area (Å²) < 4.78 is 27.3. The van der Waals surface area contributed by atoms with E-state index in [2.05, 4.69) is 19.8 Å². The number of aryl methyl sites for hydroxylation is 1. The Hall–Kier alpha value is -1.67. The summed E-state index contributed by atoms with van der Waals surface area (Å²) in [4.78, 5) is 3.16. The molecule has 6 nitrogen and oxygen atoms in total. The highest BCUT2D eigenvalue weighted by Crippen LogP contribution is 2.23. The fraction of sp³-hybridized carbons (Fsp3) is 0.467. The van der Waals surface area contributed by atoms with Gasteiger partial charge in [-0.1, -0.05) is 12.8 Å². The average molecular weight is 352 g/mol. The fourth-order valence-electron chi connectivity index (χ4n) is 2.59. The quantitative estimate of drug-likeness (QED) is 0.915. The topological polar surface area (TPSA) is 75.2 Å². The first-order valence-corrected chi connectivity index (χ1v) is 10.0. The van der Waals surface area contributed by atoms with E-state index in [0.29, 0.717) is 0 Å². The van der Waals surface area contributed by atoms with E-state index in [-0.39, 0.29) is 10.0 Å². The zero-order chi connectivity index (χ0) is 16.3. The number of rotatable bonds is 4. The lowest BCUT2D eigenvalue weighted by molar-refractivity contribution is 0.603. The maximum atomic E-state index is 12.3. The van der Waals surface area contributed by atoms with E-state index in [1.807, 2.05) is 13.0 Å². The van der Waals surface area contributed by atoms with Crippen LogP contribution in [-0.4, -0.2) is 31.7 Å². The van der Waals surface area contributed by atoms with E-state index in [1.165, 1.54) is 24.2 Å². The van der Waals surface area contributed by atoms with Crippen LogP contribution in [0.2, 0.25) is 0 Å². The van der Waals surface area contributed by atoms with Crippen molar-refractivity contribution in [2.24, 2.45) is 0 Å². The van der Waals surface area contributed by atoms with Crippen LogP contribution in [0.3, 0.4) is 0 Å². The summed E-state index contributed by atoms with van der Waals surface area (Å²) in [5.41, 5.74) is 0. The zero-order valence-electron chi connectivity index (χ0n) is 13.0. The van der Waals surface area contributed by atoms with Gasteiger partial charge in [-0.2, -0.15) is 0 Å². The highest BCUT2D eigenvalue weighted by molar-refractivity contribution is 7.94. The Kier molecular flexibility index (Phi) is 4.82. The van der Waals surface area contributed by atoms with Gasteiger partial charge in [-0.15, -0.1) is 21.5 Å². The smallest absolute Gasteiger partial charge is 0.272 e. The molecule has 23 heavy (non-hydrogen) atoms. The zero-order valence-corrected chi connectivity index (χ0v) is 14.7. The van der Waals surface area contributed by atoms with E-state index < -0.39 is 10.0 Å². The largest absolute Gasteiger partial charge is 0.355 e. The molecule has 0 aromatic carbocycles. The maximum absolute atomic E-state index is 12.3. The minimum atomic E-state index is -3.58. The Labute approximate surface area is 140 Å². The fourth-order valence-corrected chi connectivity index (χ4v) is 4.87. The molecule has 0 spiro atoms. The molecule has 1 N–H and O–H groups in total. The second-order valence-electron chi connectivity index (χ2n) is 5.65. The molecule has 1 aliphatic heterocycles. The SMILES string of the molecule is Cc1ccc(S(=O)(=O)Nc2ccc(N3CCCCCC3)nn2)s1. The van der Waals surface area contributed by atoms with Crippen molar-refractivity contribution in [3.63, 3.8) is 0 Å². The third-order valence-corrected chi connectivity index (χ3v) is 6.65. The van der Waals surface area contributed by atoms with Gasteiger partial charge in [0.05, 0.1) is 0 Å². The summed E-state index contributed by atoms with van der Waals surface area (Å²) in [6, 6.07) is 6.88. The highest BCUT2D eigenvalue weighted by atomic mass is 32.2. The molecule has 0 amide bonds. The number of thiophene rings is 1. The number of anilines is 2. The summed E-state index contributed by atoms with van der Waals surface area (Å²) in [5, 5.41) is 8.20. The molecule has 3 rings (SSSR count). The Balaban J connectivity index is 1.72. The average Bonchev–Trinajstić information content (AvgIpc) is 2.81. The maximum Gasteiger partial charge on any atom is 0.272 e. The van der Waals surface area contributed by atoms with E-state index >= 15 is 0 Å². The number of hydrogen-bond acceptors (Lipinski definition) is 6. The monoisotopic (exact) mass is 352 g/mol. The molecule has 1 aliphatic rings. The van der Waals surface area contributed by atoms with Gasteiger partial charge in [-0.05, 0) is 44.0 Å². The minimum absolute atomic E-state index is 0.245. The molecular formula is C15H20N4O2S2. The molecule has 1 saturated heterocycles. The van der Waals surface area contributed by atoms with E-state index in [0.717, 1.165) is 36.6 Å². The third kappa shape index (κ3) is 4.00. The number of hydrogen-bond donors (Lipinski definition) is 1. The molecule has 0 radical (unpaired) electrons. The van der Waals surface area contributed by atoms with E-state index in [1.54, 1.807) is 18.2 Å². The van der Waals surface area contributed by atoms with E-state index in [9.17, 15) is 8.42 Å². The predicted octanol–water partition coefficient (Wildman–Crippen LogP) is 3.03. The van der Waals surface area contributed by atoms with E-state index in [4.69, 9.17) is 0 Å². The second kappa shape index (κ2) is 6.84. The van der Waals surface area contributed by atoms with Crippen LogP contribution in [0, 0.1) is 6.92 Å². The lowest BCUT2D eigenvalue weighted by Gasteiger charge is -2.20. The molecule has 0 aliphatic carbocycles. The van der Waals surface area contributed by atoms with Gasteiger partial charge in [-0.25, -0.2) is 8.42 Å². The van der Waals surface area contributed by atoms with Gasteiger partial charge in [0.1, 0.15) is 4.21 Å². The molecule has 8 heteroatoms. The Morgan fingerprint density at radius 3 is 2.35 bits per heavy atom. The minimum Gasteiger partial charge on any atom is -0.355 e. The molecule has 0 unspecified atom stereocenters. The van der Waals surface area contributed by atoms with Crippen LogP contribution in [0.25, 0.3) is 0 Å². The van der Waals surface area contributed by atoms with Crippen molar-refractivity contribution in [2.45, 2.75) is 36.8 Å². The predicted molar refractivity (Wildman–Crippen MR) is 92.6 cm³/mol. The number of sulfonamides is 1. The van der Waals surface area contributed by atoms with Gasteiger partial charge in [0.25, 0.3) is 10.0 Å². The number of aromatic nitrogens is 2. The summed E-state index contributed by atoms with van der Waals surface area (Å²) >= 11 is 1.24. The van der Waals surface area contributed by atoms with Crippen molar-refractivity contribution in [3.8, 4) is 0 Å².